The lowest BCUT2D eigenvalue weighted by Gasteiger charge is -1.95. The Morgan fingerprint density at radius 1 is 0.667 bits per heavy atom. The molecule has 2 aliphatic rings. The monoisotopic (exact) mass is 230 g/mol. The lowest BCUT2D eigenvalue weighted by molar-refractivity contribution is 1.36. The fourth-order valence-corrected chi connectivity index (χ4v) is 2.44. The first-order valence-corrected chi connectivity index (χ1v) is 5.96. The fourth-order valence-electron chi connectivity index (χ4n) is 2.44. The maximum absolute atomic E-state index is 4.72. The topological polar surface area (TPSA) is 25.8 Å². The maximum Gasteiger partial charge on any atom is 0.0986 e. The minimum atomic E-state index is 0.979. The summed E-state index contributed by atoms with van der Waals surface area (Å²) in [5, 5.41) is 3.44. The van der Waals surface area contributed by atoms with Crippen molar-refractivity contribution in [3.63, 3.8) is 0 Å². The van der Waals surface area contributed by atoms with E-state index in [0.717, 1.165) is 27.7 Å². The molecule has 18 heavy (non-hydrogen) atoms. The number of hydrogen-bond donors (Lipinski definition) is 0. The molecule has 0 atom stereocenters. The largest absolute Gasteiger partial charge is 0.254 e. The van der Waals surface area contributed by atoms with Gasteiger partial charge in [0.2, 0.25) is 0 Å². The van der Waals surface area contributed by atoms with Crippen molar-refractivity contribution in [3.05, 3.63) is 60.8 Å². The van der Waals surface area contributed by atoms with Gasteiger partial charge in [0, 0.05) is 17.0 Å². The van der Waals surface area contributed by atoms with E-state index in [2.05, 4.69) is 23.2 Å². The summed E-state index contributed by atoms with van der Waals surface area (Å²) in [4.78, 5) is 9.27. The molecule has 2 aromatic rings. The predicted octanol–water partition coefficient (Wildman–Crippen LogP) is 3.89. The second kappa shape index (κ2) is 3.50. The van der Waals surface area contributed by atoms with Crippen LogP contribution in [0.15, 0.2) is 60.8 Å². The summed E-state index contributed by atoms with van der Waals surface area (Å²) >= 11 is 0. The van der Waals surface area contributed by atoms with Gasteiger partial charge in [-0.1, -0.05) is 42.5 Å². The van der Waals surface area contributed by atoms with Gasteiger partial charge < -0.3 is 0 Å². The SMILES string of the molecule is c1ccc2c3nc4ccccc4c-3nccc2c1. The van der Waals surface area contributed by atoms with Gasteiger partial charge in [0.05, 0.1) is 16.9 Å². The first kappa shape index (κ1) is 9.54. The molecule has 0 fully saturated rings. The van der Waals surface area contributed by atoms with Crippen molar-refractivity contribution in [1.29, 1.82) is 0 Å². The zero-order chi connectivity index (χ0) is 11.9. The Hall–Kier alpha value is -2.48. The van der Waals surface area contributed by atoms with E-state index in [9.17, 15) is 0 Å². The Morgan fingerprint density at radius 2 is 1.44 bits per heavy atom. The summed E-state index contributed by atoms with van der Waals surface area (Å²) < 4.78 is 0. The molecule has 0 radical (unpaired) electrons. The van der Waals surface area contributed by atoms with Crippen molar-refractivity contribution in [3.8, 4) is 11.4 Å². The lowest BCUT2D eigenvalue weighted by atomic mass is 10.1. The molecule has 0 aromatic heterocycles. The minimum Gasteiger partial charge on any atom is -0.254 e. The number of fused-ring (bicyclic) bond motifs is 5. The van der Waals surface area contributed by atoms with Crippen molar-refractivity contribution >= 4 is 21.7 Å². The van der Waals surface area contributed by atoms with Crippen LogP contribution in [0.2, 0.25) is 0 Å². The van der Waals surface area contributed by atoms with E-state index in [1.165, 1.54) is 5.39 Å². The van der Waals surface area contributed by atoms with Crippen molar-refractivity contribution in [2.45, 2.75) is 0 Å². The summed E-state index contributed by atoms with van der Waals surface area (Å²) in [6.07, 6.45) is 1.86. The van der Waals surface area contributed by atoms with Crippen LogP contribution >= 0.6 is 0 Å². The van der Waals surface area contributed by atoms with Gasteiger partial charge in [-0.3, -0.25) is 4.98 Å². The fraction of sp³-hybridized carbons (Fsp3) is 0. The van der Waals surface area contributed by atoms with E-state index in [1.54, 1.807) is 0 Å². The Morgan fingerprint density at radius 3 is 2.39 bits per heavy atom. The molecule has 4 rings (SSSR count). The van der Waals surface area contributed by atoms with Crippen LogP contribution in [0.1, 0.15) is 0 Å². The highest BCUT2D eigenvalue weighted by molar-refractivity contribution is 6.04. The van der Waals surface area contributed by atoms with Gasteiger partial charge in [0.1, 0.15) is 0 Å². The molecule has 2 aliphatic heterocycles. The summed E-state index contributed by atoms with van der Waals surface area (Å²) in [6, 6.07) is 18.5. The van der Waals surface area contributed by atoms with Crippen LogP contribution in [-0.4, -0.2) is 9.97 Å². The first-order chi connectivity index (χ1) is 8.93. The van der Waals surface area contributed by atoms with Crippen molar-refractivity contribution < 1.29 is 0 Å². The van der Waals surface area contributed by atoms with Crippen LogP contribution in [0.25, 0.3) is 33.1 Å². The molecule has 0 saturated heterocycles. The van der Waals surface area contributed by atoms with Gasteiger partial charge in [-0.2, -0.15) is 0 Å². The third-order valence-electron chi connectivity index (χ3n) is 3.29. The normalized spacial score (nSPS) is 11.3. The van der Waals surface area contributed by atoms with Crippen LogP contribution in [-0.2, 0) is 0 Å². The highest BCUT2D eigenvalue weighted by atomic mass is 14.8. The van der Waals surface area contributed by atoms with Crippen LogP contribution in [0.5, 0.6) is 0 Å². The van der Waals surface area contributed by atoms with Crippen molar-refractivity contribution in [1.82, 2.24) is 9.97 Å². The third kappa shape index (κ3) is 1.23. The smallest absolute Gasteiger partial charge is 0.0986 e. The van der Waals surface area contributed by atoms with Crippen molar-refractivity contribution in [2.24, 2.45) is 0 Å². The predicted molar refractivity (Wildman–Crippen MR) is 73.7 cm³/mol. The molecule has 0 saturated carbocycles. The average Bonchev–Trinajstić information content (AvgIpc) is 2.69. The Labute approximate surface area is 104 Å². The van der Waals surface area contributed by atoms with Gasteiger partial charge in [-0.15, -0.1) is 0 Å². The van der Waals surface area contributed by atoms with Crippen LogP contribution in [0, 0.1) is 0 Å². The molecule has 2 nitrogen and oxygen atoms in total. The quantitative estimate of drug-likeness (QED) is 0.458. The second-order valence-corrected chi connectivity index (χ2v) is 4.36. The Balaban J connectivity index is 2.28. The molecule has 2 heterocycles. The summed E-state index contributed by atoms with van der Waals surface area (Å²) in [5.41, 5.74) is 2.97. The Kier molecular flexibility index (Phi) is 1.86. The maximum atomic E-state index is 4.72. The van der Waals surface area contributed by atoms with Gasteiger partial charge >= 0.3 is 0 Å². The number of rotatable bonds is 0. The van der Waals surface area contributed by atoms with Crippen LogP contribution in [0.3, 0.4) is 0 Å². The van der Waals surface area contributed by atoms with Crippen LogP contribution in [0.4, 0.5) is 0 Å². The van der Waals surface area contributed by atoms with E-state index in [4.69, 9.17) is 4.98 Å². The molecule has 0 N–H and O–H groups in total. The average molecular weight is 230 g/mol. The number of benzene rings is 2. The Bertz CT molecular complexity index is 836. The third-order valence-corrected chi connectivity index (χ3v) is 3.29. The highest BCUT2D eigenvalue weighted by Crippen LogP contribution is 2.33. The molecule has 0 aliphatic carbocycles. The number of nitrogens with zero attached hydrogens (tertiary/aromatic N) is 2. The molecule has 2 heteroatoms. The van der Waals surface area contributed by atoms with E-state index >= 15 is 0 Å². The molecule has 0 spiro atoms. The number of para-hydroxylation sites is 1. The minimum absolute atomic E-state index is 0.979. The van der Waals surface area contributed by atoms with E-state index in [1.807, 2.05) is 42.6 Å². The van der Waals surface area contributed by atoms with Gasteiger partial charge in [-0.25, -0.2) is 4.98 Å². The lowest BCUT2D eigenvalue weighted by Crippen LogP contribution is -1.77. The highest BCUT2D eigenvalue weighted by Gasteiger charge is 2.13. The second-order valence-electron chi connectivity index (χ2n) is 4.36. The first-order valence-electron chi connectivity index (χ1n) is 5.96. The van der Waals surface area contributed by atoms with Crippen LogP contribution < -0.4 is 0 Å². The van der Waals surface area contributed by atoms with Gasteiger partial charge in [0.15, 0.2) is 0 Å². The standard InChI is InChI=1S/C16H10N2/c1-2-6-12-11(5-1)9-10-17-15-13-7-3-4-8-14(13)18-16(12)15/h1-10H. The van der Waals surface area contributed by atoms with Gasteiger partial charge in [-0.05, 0) is 17.5 Å². The summed E-state index contributed by atoms with van der Waals surface area (Å²) in [6.45, 7) is 0. The van der Waals surface area contributed by atoms with Crippen molar-refractivity contribution in [2.75, 3.05) is 0 Å². The zero-order valence-corrected chi connectivity index (χ0v) is 9.67. The van der Waals surface area contributed by atoms with E-state index in [0.29, 0.717) is 0 Å². The number of aromatic nitrogens is 2. The number of hydrogen-bond acceptors (Lipinski definition) is 2. The van der Waals surface area contributed by atoms with E-state index < -0.39 is 0 Å². The molecule has 0 bridgehead atoms. The molecular formula is C16H10N2. The molecule has 0 unspecified atom stereocenters. The summed E-state index contributed by atoms with van der Waals surface area (Å²) in [7, 11) is 0. The molecule has 0 amide bonds. The molecule has 2 aromatic carbocycles. The zero-order valence-electron chi connectivity index (χ0n) is 9.67. The van der Waals surface area contributed by atoms with Gasteiger partial charge in [0.25, 0.3) is 0 Å². The summed E-state index contributed by atoms with van der Waals surface area (Å²) in [5.74, 6) is 0. The van der Waals surface area contributed by atoms with E-state index in [-0.39, 0.29) is 0 Å². The molecule has 84 valence electrons. The molecular weight excluding hydrogens is 220 g/mol.